The molecule has 4 aromatic rings. The molecule has 6 rings (SSSR count). The zero-order valence-corrected chi connectivity index (χ0v) is 30.0. The van der Waals surface area contributed by atoms with Crippen LogP contribution in [0.15, 0.2) is 24.5 Å². The van der Waals surface area contributed by atoms with E-state index in [4.69, 9.17) is 4.98 Å². The molecular formula is C34H44N8O5S2. The second kappa shape index (κ2) is 14.4. The summed E-state index contributed by atoms with van der Waals surface area (Å²) in [5.74, 6) is 0.289. The van der Waals surface area contributed by atoms with Gasteiger partial charge in [-0.25, -0.2) is 9.97 Å². The molecule has 2 saturated heterocycles. The maximum absolute atomic E-state index is 13.5. The van der Waals surface area contributed by atoms with Crippen molar-refractivity contribution >= 4 is 55.7 Å². The van der Waals surface area contributed by atoms with E-state index in [1.165, 1.54) is 6.92 Å². The molecule has 0 aromatic carbocycles. The summed E-state index contributed by atoms with van der Waals surface area (Å²) in [6.45, 7) is 9.61. The SMILES string of the molecule is CC(=O)N[C@H](C(=O)N1CCCC1c1nc(-c2cc3sc(-c4cnc([C@@H]5CCCN5C(=O)[C@@H](NC(=O)CO)C(C)C)[nH]4)cc3s2)c[nH]1)C(C)C. The van der Waals surface area contributed by atoms with Crippen LogP contribution in [0.5, 0.6) is 0 Å². The van der Waals surface area contributed by atoms with Crippen LogP contribution in [0.4, 0.5) is 0 Å². The van der Waals surface area contributed by atoms with Gasteiger partial charge >= 0.3 is 0 Å². The minimum Gasteiger partial charge on any atom is -0.387 e. The number of carbonyl (C=O) groups excluding carboxylic acids is 4. The molecule has 13 nitrogen and oxygen atoms in total. The first-order valence-electron chi connectivity index (χ1n) is 16.9. The lowest BCUT2D eigenvalue weighted by molar-refractivity contribution is -0.139. The van der Waals surface area contributed by atoms with Gasteiger partial charge in [0.1, 0.15) is 30.3 Å². The van der Waals surface area contributed by atoms with Crippen molar-refractivity contribution in [1.29, 1.82) is 0 Å². The molecule has 4 amide bonds. The van der Waals surface area contributed by atoms with Gasteiger partial charge < -0.3 is 35.5 Å². The minimum absolute atomic E-state index is 0.0281. The second-order valence-corrected chi connectivity index (χ2v) is 15.7. The van der Waals surface area contributed by atoms with Gasteiger partial charge in [0.05, 0.1) is 39.4 Å². The Kier molecular flexibility index (Phi) is 10.2. The van der Waals surface area contributed by atoms with Gasteiger partial charge in [-0.15, -0.1) is 22.7 Å². The van der Waals surface area contributed by atoms with E-state index in [2.05, 4.69) is 37.7 Å². The summed E-state index contributed by atoms with van der Waals surface area (Å²) in [5, 5.41) is 14.7. The summed E-state index contributed by atoms with van der Waals surface area (Å²) in [4.78, 5) is 72.7. The standard InChI is InChI=1S/C34H44N8O5S2/c1-17(2)29(37-19(5)44)33(46)41-10-6-8-22(41)31-35-14-20(38-31)24-12-26-27(48-24)13-25(49-26)21-15-36-32(39-21)23-9-7-11-42(23)34(47)30(18(3)4)40-28(45)16-43/h12-15,17-18,22-23,29-30,43H,6-11,16H2,1-5H3,(H,35,38)(H,36,39)(H,37,44)(H,40,45)/t22?,23-,29-,30-/m0/s1. The third-order valence-electron chi connectivity index (χ3n) is 9.31. The minimum atomic E-state index is -0.717. The molecule has 2 fully saturated rings. The Hall–Kier alpha value is -4.08. The van der Waals surface area contributed by atoms with E-state index < -0.39 is 24.6 Å². The van der Waals surface area contributed by atoms with Crippen molar-refractivity contribution in [3.63, 3.8) is 0 Å². The maximum Gasteiger partial charge on any atom is 0.246 e. The molecule has 262 valence electrons. The van der Waals surface area contributed by atoms with E-state index in [1.54, 1.807) is 27.6 Å². The lowest BCUT2D eigenvalue weighted by atomic mass is 10.0. The average Bonchev–Trinajstić information content (AvgIpc) is 3.89. The Morgan fingerprint density at radius 1 is 0.898 bits per heavy atom. The van der Waals surface area contributed by atoms with Gasteiger partial charge in [-0.2, -0.15) is 0 Å². The summed E-state index contributed by atoms with van der Waals surface area (Å²) >= 11 is 3.31. The van der Waals surface area contributed by atoms with E-state index >= 15 is 0 Å². The largest absolute Gasteiger partial charge is 0.387 e. The number of amides is 4. The van der Waals surface area contributed by atoms with Crippen LogP contribution in [0.2, 0.25) is 0 Å². The monoisotopic (exact) mass is 708 g/mol. The Labute approximate surface area is 292 Å². The van der Waals surface area contributed by atoms with Crippen molar-refractivity contribution in [3.05, 3.63) is 36.2 Å². The highest BCUT2D eigenvalue weighted by Gasteiger charge is 2.38. The predicted octanol–water partition coefficient (Wildman–Crippen LogP) is 4.36. The van der Waals surface area contributed by atoms with Crippen LogP contribution in [-0.4, -0.2) is 90.3 Å². The molecule has 5 N–H and O–H groups in total. The first-order chi connectivity index (χ1) is 23.4. The fourth-order valence-electron chi connectivity index (χ4n) is 6.81. The van der Waals surface area contributed by atoms with Gasteiger partial charge in [0.2, 0.25) is 23.6 Å². The highest BCUT2D eigenvalue weighted by Crippen LogP contribution is 2.42. The van der Waals surface area contributed by atoms with Crippen LogP contribution in [0.1, 0.15) is 84.0 Å². The van der Waals surface area contributed by atoms with Gasteiger partial charge in [0.25, 0.3) is 0 Å². The Bertz CT molecular complexity index is 1810. The number of aromatic nitrogens is 4. The summed E-state index contributed by atoms with van der Waals surface area (Å²) in [7, 11) is 0. The molecule has 0 bridgehead atoms. The molecule has 15 heteroatoms. The fraction of sp³-hybridized carbons (Fsp3) is 0.529. The number of hydrogen-bond acceptors (Lipinski definition) is 9. The summed E-state index contributed by atoms with van der Waals surface area (Å²) in [6, 6.07) is 2.61. The lowest BCUT2D eigenvalue weighted by Crippen LogP contribution is -2.51. The molecule has 49 heavy (non-hydrogen) atoms. The number of carbonyl (C=O) groups is 4. The third-order valence-corrected chi connectivity index (χ3v) is 11.7. The van der Waals surface area contributed by atoms with Crippen LogP contribution < -0.4 is 10.6 Å². The zero-order chi connectivity index (χ0) is 35.0. The highest BCUT2D eigenvalue weighted by atomic mass is 32.1. The number of thiophene rings is 2. The number of aliphatic hydroxyl groups excluding tert-OH is 1. The molecule has 1 unspecified atom stereocenters. The number of aromatic amines is 2. The molecule has 4 atom stereocenters. The van der Waals surface area contributed by atoms with Crippen LogP contribution in [0, 0.1) is 11.8 Å². The van der Waals surface area contributed by atoms with Crippen molar-refractivity contribution in [2.24, 2.45) is 11.8 Å². The Morgan fingerprint density at radius 2 is 1.47 bits per heavy atom. The smallest absolute Gasteiger partial charge is 0.246 e. The summed E-state index contributed by atoms with van der Waals surface area (Å²) in [5.41, 5.74) is 1.71. The molecule has 4 aromatic heterocycles. The van der Waals surface area contributed by atoms with Crippen molar-refractivity contribution in [3.8, 4) is 21.1 Å². The van der Waals surface area contributed by atoms with Crippen LogP contribution in [0.3, 0.4) is 0 Å². The number of rotatable bonds is 11. The number of aliphatic hydroxyl groups is 1. The molecule has 0 saturated carbocycles. The van der Waals surface area contributed by atoms with Crippen molar-refractivity contribution in [2.45, 2.75) is 84.5 Å². The van der Waals surface area contributed by atoms with Crippen LogP contribution in [-0.2, 0) is 19.2 Å². The number of hydrogen-bond donors (Lipinski definition) is 5. The number of fused-ring (bicyclic) bond motifs is 1. The lowest BCUT2D eigenvalue weighted by Gasteiger charge is -2.30. The van der Waals surface area contributed by atoms with Crippen molar-refractivity contribution < 1.29 is 24.3 Å². The van der Waals surface area contributed by atoms with Gasteiger partial charge in [-0.05, 0) is 49.7 Å². The van der Waals surface area contributed by atoms with Gasteiger partial charge in [0, 0.05) is 35.6 Å². The highest BCUT2D eigenvalue weighted by molar-refractivity contribution is 7.31. The van der Waals surface area contributed by atoms with Gasteiger partial charge in [-0.1, -0.05) is 27.7 Å². The second-order valence-electron chi connectivity index (χ2n) is 13.6. The molecule has 2 aliphatic heterocycles. The van der Waals surface area contributed by atoms with E-state index in [0.717, 1.165) is 67.9 Å². The van der Waals surface area contributed by atoms with E-state index in [-0.39, 0.29) is 41.6 Å². The third kappa shape index (κ3) is 7.15. The first kappa shape index (κ1) is 34.8. The summed E-state index contributed by atoms with van der Waals surface area (Å²) < 4.78 is 2.25. The molecular weight excluding hydrogens is 665 g/mol. The first-order valence-corrected chi connectivity index (χ1v) is 18.5. The van der Waals surface area contributed by atoms with E-state index in [0.29, 0.717) is 13.1 Å². The molecule has 6 heterocycles. The number of nitrogens with zero attached hydrogens (tertiary/aromatic N) is 4. The molecule has 0 radical (unpaired) electrons. The molecule has 0 aliphatic carbocycles. The number of imidazole rings is 2. The zero-order valence-electron chi connectivity index (χ0n) is 28.4. The fourth-order valence-corrected chi connectivity index (χ4v) is 9.13. The van der Waals surface area contributed by atoms with Gasteiger partial charge in [-0.3, -0.25) is 19.2 Å². The van der Waals surface area contributed by atoms with Gasteiger partial charge in [0.15, 0.2) is 0 Å². The van der Waals surface area contributed by atoms with Crippen LogP contribution >= 0.6 is 22.7 Å². The molecule has 0 spiro atoms. The average molecular weight is 709 g/mol. The van der Waals surface area contributed by atoms with E-state index in [1.807, 2.05) is 45.0 Å². The molecule has 2 aliphatic rings. The maximum atomic E-state index is 13.5. The normalized spacial score (nSPS) is 19.3. The number of H-pyrrole nitrogens is 2. The quantitative estimate of drug-likeness (QED) is 0.154. The van der Waals surface area contributed by atoms with Crippen molar-refractivity contribution in [2.75, 3.05) is 19.7 Å². The van der Waals surface area contributed by atoms with Crippen molar-refractivity contribution in [1.82, 2.24) is 40.4 Å². The summed E-state index contributed by atoms with van der Waals surface area (Å²) in [6.07, 6.45) is 7.00. The Morgan fingerprint density at radius 3 is 2.06 bits per heavy atom. The number of nitrogens with one attached hydrogen (secondary N) is 4. The Balaban J connectivity index is 1.16. The number of likely N-dealkylation sites (tertiary alicyclic amines) is 2. The van der Waals surface area contributed by atoms with Crippen LogP contribution in [0.25, 0.3) is 30.5 Å². The van der Waals surface area contributed by atoms with E-state index in [9.17, 15) is 24.3 Å². The predicted molar refractivity (Wildman–Crippen MR) is 189 cm³/mol. The topological polar surface area (TPSA) is 176 Å².